The van der Waals surface area contributed by atoms with Gasteiger partial charge in [0.25, 0.3) is 5.71 Å². The van der Waals surface area contributed by atoms with Crippen LogP contribution in [0.15, 0.2) is 59.4 Å². The van der Waals surface area contributed by atoms with E-state index < -0.39 is 0 Å². The summed E-state index contributed by atoms with van der Waals surface area (Å²) in [5.74, 6) is 1.34. The summed E-state index contributed by atoms with van der Waals surface area (Å²) in [6, 6.07) is 14.3. The second kappa shape index (κ2) is 7.62. The van der Waals surface area contributed by atoms with Gasteiger partial charge in [0.15, 0.2) is 0 Å². The summed E-state index contributed by atoms with van der Waals surface area (Å²) < 4.78 is 24.1. The van der Waals surface area contributed by atoms with Crippen molar-refractivity contribution in [2.24, 2.45) is 0 Å². The summed E-state index contributed by atoms with van der Waals surface area (Å²) in [6.07, 6.45) is 1.49. The van der Waals surface area contributed by atoms with Crippen LogP contribution in [-0.4, -0.2) is 48.4 Å². The van der Waals surface area contributed by atoms with Crippen LogP contribution in [0.5, 0.6) is 5.75 Å². The number of aromatic nitrogens is 3. The molecule has 0 spiro atoms. The summed E-state index contributed by atoms with van der Waals surface area (Å²) >= 11 is 0. The van der Waals surface area contributed by atoms with Crippen LogP contribution < -0.4 is 14.5 Å². The van der Waals surface area contributed by atoms with E-state index in [4.69, 9.17) is 9.26 Å². The number of methoxy groups -OCH3 is 1. The van der Waals surface area contributed by atoms with E-state index in [-0.39, 0.29) is 5.82 Å². The first-order valence-corrected chi connectivity index (χ1v) is 9.73. The van der Waals surface area contributed by atoms with Gasteiger partial charge < -0.3 is 19.1 Å². The van der Waals surface area contributed by atoms with Crippen LogP contribution in [-0.2, 0) is 0 Å². The molecule has 8 heteroatoms. The molecule has 2 aromatic carbocycles. The molecule has 1 saturated heterocycles. The van der Waals surface area contributed by atoms with Crippen molar-refractivity contribution in [3.05, 3.63) is 60.7 Å². The van der Waals surface area contributed by atoms with Crippen molar-refractivity contribution in [2.75, 3.05) is 43.1 Å². The van der Waals surface area contributed by atoms with Crippen LogP contribution in [0.25, 0.3) is 22.4 Å². The minimum Gasteiger partial charge on any atom is -0.497 e. The zero-order valence-corrected chi connectivity index (χ0v) is 16.5. The Balaban J connectivity index is 1.43. The van der Waals surface area contributed by atoms with E-state index >= 15 is 0 Å². The Labute approximate surface area is 172 Å². The van der Waals surface area contributed by atoms with Gasteiger partial charge >= 0.3 is 0 Å². The number of rotatable bonds is 4. The van der Waals surface area contributed by atoms with E-state index in [2.05, 4.69) is 31.0 Å². The highest BCUT2D eigenvalue weighted by atomic mass is 19.1. The predicted molar refractivity (Wildman–Crippen MR) is 112 cm³/mol. The van der Waals surface area contributed by atoms with Crippen molar-refractivity contribution >= 4 is 22.6 Å². The molecule has 0 saturated carbocycles. The summed E-state index contributed by atoms with van der Waals surface area (Å²) in [7, 11) is 1.68. The van der Waals surface area contributed by atoms with E-state index in [0.717, 1.165) is 54.4 Å². The van der Waals surface area contributed by atoms with Gasteiger partial charge in [0.2, 0.25) is 0 Å². The molecule has 0 bridgehead atoms. The van der Waals surface area contributed by atoms with Crippen molar-refractivity contribution in [1.82, 2.24) is 15.1 Å². The number of fused-ring (bicyclic) bond motifs is 1. The highest BCUT2D eigenvalue weighted by Crippen LogP contribution is 2.34. The Kier molecular flexibility index (Phi) is 4.66. The van der Waals surface area contributed by atoms with E-state index in [1.165, 1.54) is 18.5 Å². The molecule has 3 heterocycles. The van der Waals surface area contributed by atoms with Gasteiger partial charge in [0, 0.05) is 43.5 Å². The average Bonchev–Trinajstić information content (AvgIpc) is 3.24. The Morgan fingerprint density at radius 3 is 2.50 bits per heavy atom. The van der Waals surface area contributed by atoms with Gasteiger partial charge in [-0.05, 0) is 36.4 Å². The molecular formula is C22H20FN5O2. The van der Waals surface area contributed by atoms with Gasteiger partial charge in [-0.2, -0.15) is 4.98 Å². The Bertz CT molecular complexity index is 1170. The fourth-order valence-corrected chi connectivity index (χ4v) is 3.80. The zero-order valence-electron chi connectivity index (χ0n) is 16.5. The van der Waals surface area contributed by atoms with Crippen molar-refractivity contribution in [2.45, 2.75) is 0 Å². The van der Waals surface area contributed by atoms with E-state index in [0.29, 0.717) is 11.4 Å². The lowest BCUT2D eigenvalue weighted by molar-refractivity contribution is 0.414. The van der Waals surface area contributed by atoms with E-state index in [1.807, 2.05) is 18.2 Å². The van der Waals surface area contributed by atoms with Crippen molar-refractivity contribution in [1.29, 1.82) is 0 Å². The maximum Gasteiger partial charge on any atom is 0.263 e. The predicted octanol–water partition coefficient (Wildman–Crippen LogP) is 3.76. The largest absolute Gasteiger partial charge is 0.497 e. The van der Waals surface area contributed by atoms with Gasteiger partial charge in [0.05, 0.1) is 7.11 Å². The molecule has 1 fully saturated rings. The monoisotopic (exact) mass is 405 g/mol. The first kappa shape index (κ1) is 18.4. The molecule has 0 atom stereocenters. The van der Waals surface area contributed by atoms with Crippen LogP contribution in [0.2, 0.25) is 0 Å². The summed E-state index contributed by atoms with van der Waals surface area (Å²) in [6.45, 7) is 3.26. The lowest BCUT2D eigenvalue weighted by Gasteiger charge is -2.36. The lowest BCUT2D eigenvalue weighted by atomic mass is 10.1. The van der Waals surface area contributed by atoms with Crippen LogP contribution in [0.3, 0.4) is 0 Å². The van der Waals surface area contributed by atoms with Gasteiger partial charge in [-0.15, -0.1) is 0 Å². The molecule has 0 amide bonds. The SMILES string of the molecule is COc1cccc(N2CCN(c3ncnc4onc(-c5ccc(F)cc5)c34)CC2)c1. The molecule has 4 aromatic rings. The molecule has 5 rings (SSSR count). The number of hydrogen-bond acceptors (Lipinski definition) is 7. The molecule has 1 aliphatic rings. The standard InChI is InChI=1S/C22H20FN5O2/c1-29-18-4-2-3-17(13-18)27-9-11-28(12-10-27)21-19-20(15-5-7-16(23)8-6-15)26-30-22(19)25-14-24-21/h2-8,13-14H,9-12H2,1H3. The third-order valence-electron chi connectivity index (χ3n) is 5.37. The lowest BCUT2D eigenvalue weighted by Crippen LogP contribution is -2.46. The smallest absolute Gasteiger partial charge is 0.263 e. The van der Waals surface area contributed by atoms with Gasteiger partial charge in [-0.1, -0.05) is 11.2 Å². The minimum absolute atomic E-state index is 0.295. The highest BCUT2D eigenvalue weighted by molar-refractivity contribution is 5.97. The summed E-state index contributed by atoms with van der Waals surface area (Å²) in [5.41, 5.74) is 2.95. The van der Waals surface area contributed by atoms with E-state index in [1.54, 1.807) is 19.2 Å². The molecule has 7 nitrogen and oxygen atoms in total. The zero-order chi connectivity index (χ0) is 20.5. The Hall–Kier alpha value is -3.68. The van der Waals surface area contributed by atoms with Crippen molar-refractivity contribution in [3.8, 4) is 17.0 Å². The minimum atomic E-state index is -0.295. The maximum absolute atomic E-state index is 13.3. The third kappa shape index (κ3) is 3.30. The second-order valence-corrected chi connectivity index (χ2v) is 7.09. The average molecular weight is 405 g/mol. The van der Waals surface area contributed by atoms with Crippen LogP contribution in [0, 0.1) is 5.82 Å². The third-order valence-corrected chi connectivity index (χ3v) is 5.37. The number of halogens is 1. The Morgan fingerprint density at radius 1 is 0.967 bits per heavy atom. The number of benzene rings is 2. The van der Waals surface area contributed by atoms with Crippen molar-refractivity contribution in [3.63, 3.8) is 0 Å². The fourth-order valence-electron chi connectivity index (χ4n) is 3.80. The number of hydrogen-bond donors (Lipinski definition) is 0. The molecule has 1 aliphatic heterocycles. The van der Waals surface area contributed by atoms with Gasteiger partial charge in [-0.25, -0.2) is 9.37 Å². The number of nitrogens with zero attached hydrogens (tertiary/aromatic N) is 5. The summed E-state index contributed by atoms with van der Waals surface area (Å²) in [5, 5.41) is 4.93. The van der Waals surface area contributed by atoms with Crippen LogP contribution in [0.4, 0.5) is 15.9 Å². The quantitative estimate of drug-likeness (QED) is 0.512. The van der Waals surface area contributed by atoms with Crippen LogP contribution >= 0.6 is 0 Å². The second-order valence-electron chi connectivity index (χ2n) is 7.09. The number of anilines is 2. The molecule has 152 valence electrons. The maximum atomic E-state index is 13.3. The first-order chi connectivity index (χ1) is 14.7. The molecule has 0 N–H and O–H groups in total. The number of piperazine rings is 1. The normalized spacial score (nSPS) is 14.3. The van der Waals surface area contributed by atoms with E-state index in [9.17, 15) is 4.39 Å². The highest BCUT2D eigenvalue weighted by Gasteiger charge is 2.24. The number of ether oxygens (including phenoxy) is 1. The fraction of sp³-hybridized carbons (Fsp3) is 0.227. The summed E-state index contributed by atoms with van der Waals surface area (Å²) in [4.78, 5) is 13.3. The topological polar surface area (TPSA) is 67.5 Å². The Morgan fingerprint density at radius 2 is 1.73 bits per heavy atom. The molecule has 0 radical (unpaired) electrons. The molecule has 30 heavy (non-hydrogen) atoms. The molecule has 2 aromatic heterocycles. The van der Waals surface area contributed by atoms with Gasteiger partial charge in [-0.3, -0.25) is 0 Å². The van der Waals surface area contributed by atoms with Gasteiger partial charge in [0.1, 0.15) is 34.8 Å². The van der Waals surface area contributed by atoms with Crippen molar-refractivity contribution < 1.29 is 13.7 Å². The molecular weight excluding hydrogens is 385 g/mol. The first-order valence-electron chi connectivity index (χ1n) is 9.73. The molecule has 0 aliphatic carbocycles. The van der Waals surface area contributed by atoms with Crippen LogP contribution in [0.1, 0.15) is 0 Å². The molecule has 0 unspecified atom stereocenters.